The first kappa shape index (κ1) is 11.4. The number of rotatable bonds is 2. The highest BCUT2D eigenvalue weighted by Crippen LogP contribution is 2.12. The summed E-state index contributed by atoms with van der Waals surface area (Å²) < 4.78 is 0. The fourth-order valence-corrected chi connectivity index (χ4v) is 1.70. The van der Waals surface area contributed by atoms with Gasteiger partial charge in [0, 0.05) is 32.3 Å². The van der Waals surface area contributed by atoms with Crippen LogP contribution in [0.15, 0.2) is 18.3 Å². The summed E-state index contributed by atoms with van der Waals surface area (Å²) in [6.45, 7) is 1.87. The van der Waals surface area contributed by atoms with E-state index in [0.717, 1.165) is 0 Å². The van der Waals surface area contributed by atoms with Crippen LogP contribution < -0.4 is 10.2 Å². The van der Waals surface area contributed by atoms with Crippen LogP contribution in [0.4, 0.5) is 5.82 Å². The number of nitrogens with zero attached hydrogens (tertiary/aromatic N) is 2. The fourth-order valence-electron chi connectivity index (χ4n) is 1.70. The second-order valence-electron chi connectivity index (χ2n) is 3.80. The Bertz CT molecular complexity index is 430. The van der Waals surface area contributed by atoms with E-state index in [0.29, 0.717) is 31.9 Å². The molecule has 17 heavy (non-hydrogen) atoms. The maximum Gasteiger partial charge on any atom is 0.337 e. The zero-order chi connectivity index (χ0) is 12.3. The van der Waals surface area contributed by atoms with Crippen LogP contribution in [0.2, 0.25) is 0 Å². The van der Waals surface area contributed by atoms with Crippen LogP contribution in [0.3, 0.4) is 0 Å². The van der Waals surface area contributed by atoms with Crippen molar-refractivity contribution < 1.29 is 14.7 Å². The van der Waals surface area contributed by atoms with Crippen molar-refractivity contribution in [1.82, 2.24) is 10.3 Å². The number of carbonyl (C=O) groups excluding carboxylic acids is 1. The third-order valence-electron chi connectivity index (χ3n) is 2.63. The van der Waals surface area contributed by atoms with Gasteiger partial charge in [-0.15, -0.1) is 0 Å². The smallest absolute Gasteiger partial charge is 0.337 e. The summed E-state index contributed by atoms with van der Waals surface area (Å²) in [5, 5.41) is 11.5. The Morgan fingerprint density at radius 2 is 2.24 bits per heavy atom. The minimum absolute atomic E-state index is 0.0367. The van der Waals surface area contributed by atoms with Gasteiger partial charge in [0.15, 0.2) is 0 Å². The molecule has 0 aliphatic carbocycles. The van der Waals surface area contributed by atoms with Gasteiger partial charge in [0.1, 0.15) is 5.82 Å². The minimum Gasteiger partial charge on any atom is -0.478 e. The first-order chi connectivity index (χ1) is 8.16. The molecule has 1 aliphatic rings. The van der Waals surface area contributed by atoms with Crippen molar-refractivity contribution in [3.05, 3.63) is 23.9 Å². The van der Waals surface area contributed by atoms with Crippen LogP contribution in [-0.4, -0.2) is 41.6 Å². The van der Waals surface area contributed by atoms with Gasteiger partial charge in [-0.25, -0.2) is 9.78 Å². The molecule has 0 saturated carbocycles. The molecule has 90 valence electrons. The molecule has 2 heterocycles. The summed E-state index contributed by atoms with van der Waals surface area (Å²) in [6, 6.07) is 3.18. The van der Waals surface area contributed by atoms with Gasteiger partial charge >= 0.3 is 5.97 Å². The van der Waals surface area contributed by atoms with Gasteiger partial charge in [-0.3, -0.25) is 4.79 Å². The van der Waals surface area contributed by atoms with E-state index >= 15 is 0 Å². The lowest BCUT2D eigenvalue weighted by molar-refractivity contribution is -0.120. The molecule has 1 amide bonds. The van der Waals surface area contributed by atoms with Crippen LogP contribution >= 0.6 is 0 Å². The van der Waals surface area contributed by atoms with Gasteiger partial charge in [0.2, 0.25) is 5.91 Å². The van der Waals surface area contributed by atoms with Gasteiger partial charge < -0.3 is 15.3 Å². The van der Waals surface area contributed by atoms with E-state index in [-0.39, 0.29) is 11.5 Å². The zero-order valence-electron chi connectivity index (χ0n) is 9.22. The molecule has 0 radical (unpaired) electrons. The van der Waals surface area contributed by atoms with Crippen LogP contribution in [-0.2, 0) is 4.79 Å². The molecule has 1 aromatic heterocycles. The number of anilines is 1. The molecule has 1 aliphatic heterocycles. The van der Waals surface area contributed by atoms with Crippen LogP contribution in [0, 0.1) is 0 Å². The molecule has 2 rings (SSSR count). The van der Waals surface area contributed by atoms with Crippen molar-refractivity contribution in [2.45, 2.75) is 6.42 Å². The van der Waals surface area contributed by atoms with E-state index in [1.165, 1.54) is 12.3 Å². The van der Waals surface area contributed by atoms with Crippen molar-refractivity contribution in [3.8, 4) is 0 Å². The monoisotopic (exact) mass is 235 g/mol. The topological polar surface area (TPSA) is 82.5 Å². The first-order valence-electron chi connectivity index (χ1n) is 5.38. The Kier molecular flexibility index (Phi) is 3.22. The van der Waals surface area contributed by atoms with Crippen LogP contribution in [0.25, 0.3) is 0 Å². The van der Waals surface area contributed by atoms with E-state index in [1.54, 1.807) is 6.07 Å². The van der Waals surface area contributed by atoms with Crippen molar-refractivity contribution in [2.75, 3.05) is 24.5 Å². The molecule has 1 fully saturated rings. The highest BCUT2D eigenvalue weighted by atomic mass is 16.4. The summed E-state index contributed by atoms with van der Waals surface area (Å²) >= 11 is 0. The van der Waals surface area contributed by atoms with Gasteiger partial charge in [-0.2, -0.15) is 0 Å². The largest absolute Gasteiger partial charge is 0.478 e. The molecule has 1 aromatic rings. The molecular formula is C11H13N3O3. The predicted octanol–water partition coefficient (Wildman–Crippen LogP) is 0.106. The number of carbonyl (C=O) groups is 2. The van der Waals surface area contributed by atoms with E-state index in [9.17, 15) is 9.59 Å². The van der Waals surface area contributed by atoms with E-state index in [2.05, 4.69) is 10.3 Å². The number of carboxylic acid groups (broad SMARTS) is 1. The second kappa shape index (κ2) is 4.82. The van der Waals surface area contributed by atoms with Crippen LogP contribution in [0.5, 0.6) is 0 Å². The van der Waals surface area contributed by atoms with Crippen LogP contribution in [0.1, 0.15) is 16.8 Å². The SMILES string of the molecule is O=C1CCN(c2ccc(C(=O)O)cn2)CCN1. The average Bonchev–Trinajstić information content (AvgIpc) is 2.54. The third-order valence-corrected chi connectivity index (χ3v) is 2.63. The average molecular weight is 235 g/mol. The lowest BCUT2D eigenvalue weighted by atomic mass is 10.3. The van der Waals surface area contributed by atoms with Gasteiger partial charge in [-0.05, 0) is 12.1 Å². The number of aromatic carboxylic acids is 1. The Morgan fingerprint density at radius 3 is 2.88 bits per heavy atom. The van der Waals surface area contributed by atoms with Gasteiger partial charge in [0.25, 0.3) is 0 Å². The normalized spacial score (nSPS) is 16.2. The predicted molar refractivity (Wildman–Crippen MR) is 61.0 cm³/mol. The lowest BCUT2D eigenvalue weighted by Gasteiger charge is -2.20. The highest BCUT2D eigenvalue weighted by molar-refractivity contribution is 5.87. The Morgan fingerprint density at radius 1 is 1.41 bits per heavy atom. The molecule has 0 unspecified atom stereocenters. The van der Waals surface area contributed by atoms with Crippen molar-refractivity contribution >= 4 is 17.7 Å². The maximum absolute atomic E-state index is 11.2. The lowest BCUT2D eigenvalue weighted by Crippen LogP contribution is -2.29. The molecule has 0 atom stereocenters. The minimum atomic E-state index is -0.989. The summed E-state index contributed by atoms with van der Waals surface area (Å²) in [5.41, 5.74) is 0.165. The third kappa shape index (κ3) is 2.72. The number of pyridine rings is 1. The summed E-state index contributed by atoms with van der Waals surface area (Å²) in [7, 11) is 0. The van der Waals surface area contributed by atoms with Crippen molar-refractivity contribution in [2.24, 2.45) is 0 Å². The number of hydrogen-bond acceptors (Lipinski definition) is 4. The van der Waals surface area contributed by atoms with Gasteiger partial charge in [-0.1, -0.05) is 0 Å². The number of aromatic nitrogens is 1. The zero-order valence-corrected chi connectivity index (χ0v) is 9.22. The molecular weight excluding hydrogens is 222 g/mol. The Hall–Kier alpha value is -2.11. The van der Waals surface area contributed by atoms with Crippen molar-refractivity contribution in [3.63, 3.8) is 0 Å². The summed E-state index contributed by atoms with van der Waals surface area (Å²) in [6.07, 6.45) is 1.76. The molecule has 0 spiro atoms. The molecule has 1 saturated heterocycles. The summed E-state index contributed by atoms with van der Waals surface area (Å²) in [4.78, 5) is 27.9. The molecule has 0 aromatic carbocycles. The van der Waals surface area contributed by atoms with E-state index in [1.807, 2.05) is 4.90 Å². The highest BCUT2D eigenvalue weighted by Gasteiger charge is 2.15. The number of carboxylic acids is 1. The number of amides is 1. The standard InChI is InChI=1S/C11H13N3O3/c15-10-3-5-14(6-4-12-10)9-2-1-8(7-13-9)11(16)17/h1-2,7H,3-6H2,(H,12,15)(H,16,17). The van der Waals surface area contributed by atoms with E-state index in [4.69, 9.17) is 5.11 Å². The first-order valence-corrected chi connectivity index (χ1v) is 5.38. The maximum atomic E-state index is 11.2. The Labute approximate surface area is 98.3 Å². The molecule has 6 nitrogen and oxygen atoms in total. The second-order valence-corrected chi connectivity index (χ2v) is 3.80. The molecule has 0 bridgehead atoms. The molecule has 6 heteroatoms. The van der Waals surface area contributed by atoms with Crippen molar-refractivity contribution in [1.29, 1.82) is 0 Å². The fraction of sp³-hybridized carbons (Fsp3) is 0.364. The molecule has 2 N–H and O–H groups in total. The summed E-state index contributed by atoms with van der Waals surface area (Å²) in [5.74, 6) is -0.252. The number of hydrogen-bond donors (Lipinski definition) is 2. The van der Waals surface area contributed by atoms with Gasteiger partial charge in [0.05, 0.1) is 5.56 Å². The Balaban J connectivity index is 2.11. The number of nitrogens with one attached hydrogen (secondary N) is 1. The quantitative estimate of drug-likeness (QED) is 0.760. The van der Waals surface area contributed by atoms with E-state index < -0.39 is 5.97 Å².